The normalized spacial score (nSPS) is 12.1. The number of carboxylic acids is 1. The Morgan fingerprint density at radius 1 is 1.56 bits per heavy atom. The van der Waals surface area contributed by atoms with Gasteiger partial charge >= 0.3 is 5.97 Å². The smallest absolute Gasteiger partial charge is 0.304 e. The zero-order valence-electron chi connectivity index (χ0n) is 10.2. The van der Waals surface area contributed by atoms with Gasteiger partial charge in [0.25, 0.3) is 0 Å². The van der Waals surface area contributed by atoms with Gasteiger partial charge in [-0.15, -0.1) is 0 Å². The molecule has 5 nitrogen and oxygen atoms in total. The summed E-state index contributed by atoms with van der Waals surface area (Å²) in [5, 5.41) is 27.3. The van der Waals surface area contributed by atoms with Crippen LogP contribution in [0.15, 0.2) is 24.3 Å². The van der Waals surface area contributed by atoms with E-state index in [9.17, 15) is 15.2 Å². The maximum atomic E-state index is 10.6. The van der Waals surface area contributed by atoms with Crippen molar-refractivity contribution >= 4 is 5.97 Å². The molecular formula is C13H16N2O3. The largest absolute Gasteiger partial charge is 0.508 e. The van der Waals surface area contributed by atoms with Gasteiger partial charge in [0, 0.05) is 6.54 Å². The van der Waals surface area contributed by atoms with Crippen molar-refractivity contribution < 1.29 is 15.0 Å². The van der Waals surface area contributed by atoms with Crippen molar-refractivity contribution in [2.24, 2.45) is 0 Å². The Balaban J connectivity index is 2.86. The highest BCUT2D eigenvalue weighted by Gasteiger charge is 2.19. The van der Waals surface area contributed by atoms with E-state index >= 15 is 0 Å². The van der Waals surface area contributed by atoms with Crippen LogP contribution in [0, 0.1) is 11.3 Å². The summed E-state index contributed by atoms with van der Waals surface area (Å²) in [6.07, 6.45) is -0.00909. The van der Waals surface area contributed by atoms with E-state index in [0.717, 1.165) is 0 Å². The van der Waals surface area contributed by atoms with E-state index in [4.69, 9.17) is 5.11 Å². The molecule has 5 heteroatoms. The van der Waals surface area contributed by atoms with Crippen LogP contribution in [0.25, 0.3) is 0 Å². The molecule has 1 atom stereocenters. The molecule has 0 heterocycles. The second kappa shape index (κ2) is 6.62. The van der Waals surface area contributed by atoms with E-state index in [1.165, 1.54) is 12.1 Å². The number of benzene rings is 1. The van der Waals surface area contributed by atoms with Gasteiger partial charge in [-0.1, -0.05) is 19.1 Å². The van der Waals surface area contributed by atoms with Crippen molar-refractivity contribution in [3.63, 3.8) is 0 Å². The predicted molar refractivity (Wildman–Crippen MR) is 66.0 cm³/mol. The van der Waals surface area contributed by atoms with Gasteiger partial charge < -0.3 is 10.2 Å². The van der Waals surface area contributed by atoms with Crippen molar-refractivity contribution in [1.82, 2.24) is 4.90 Å². The maximum Gasteiger partial charge on any atom is 0.304 e. The van der Waals surface area contributed by atoms with Crippen LogP contribution in [0.4, 0.5) is 0 Å². The molecule has 1 aromatic rings. The predicted octanol–water partition coefficient (Wildman–Crippen LogP) is 1.75. The van der Waals surface area contributed by atoms with Crippen molar-refractivity contribution in [2.75, 3.05) is 13.1 Å². The lowest BCUT2D eigenvalue weighted by Gasteiger charge is -2.25. The van der Waals surface area contributed by atoms with Crippen molar-refractivity contribution in [3.8, 4) is 11.8 Å². The van der Waals surface area contributed by atoms with Crippen LogP contribution in [0.2, 0.25) is 0 Å². The van der Waals surface area contributed by atoms with Gasteiger partial charge in [0.1, 0.15) is 11.8 Å². The molecule has 18 heavy (non-hydrogen) atoms. The Morgan fingerprint density at radius 3 is 2.78 bits per heavy atom. The summed E-state index contributed by atoms with van der Waals surface area (Å²) < 4.78 is 0. The first kappa shape index (κ1) is 14.0. The fourth-order valence-corrected chi connectivity index (χ4v) is 1.77. The van der Waals surface area contributed by atoms with E-state index in [1.807, 2.05) is 6.92 Å². The zero-order chi connectivity index (χ0) is 13.5. The molecule has 0 aliphatic heterocycles. The van der Waals surface area contributed by atoms with Gasteiger partial charge in [0.05, 0.1) is 12.5 Å². The van der Waals surface area contributed by atoms with Gasteiger partial charge in [-0.25, -0.2) is 0 Å². The number of hydrogen-bond acceptors (Lipinski definition) is 4. The molecule has 0 fully saturated rings. The third kappa shape index (κ3) is 3.75. The molecule has 2 N–H and O–H groups in total. The molecule has 0 aromatic heterocycles. The molecule has 0 aliphatic rings. The molecule has 1 aromatic carbocycles. The fraction of sp³-hybridized carbons (Fsp3) is 0.385. The second-order valence-corrected chi connectivity index (χ2v) is 3.90. The first-order chi connectivity index (χ1) is 8.58. The minimum absolute atomic E-state index is 0.00909. The number of nitriles is 1. The molecule has 0 radical (unpaired) electrons. The van der Waals surface area contributed by atoms with E-state index in [2.05, 4.69) is 6.07 Å². The molecule has 0 bridgehead atoms. The lowest BCUT2D eigenvalue weighted by atomic mass is 10.1. The lowest BCUT2D eigenvalue weighted by molar-refractivity contribution is -0.137. The first-order valence-corrected chi connectivity index (χ1v) is 5.72. The van der Waals surface area contributed by atoms with Crippen LogP contribution < -0.4 is 0 Å². The van der Waals surface area contributed by atoms with Crippen LogP contribution in [0.5, 0.6) is 5.75 Å². The van der Waals surface area contributed by atoms with Crippen LogP contribution in [-0.2, 0) is 4.79 Å². The molecule has 0 aliphatic carbocycles. The summed E-state index contributed by atoms with van der Waals surface area (Å²) in [4.78, 5) is 12.3. The number of phenols is 1. The molecule has 0 saturated heterocycles. The van der Waals surface area contributed by atoms with Crippen LogP contribution in [0.1, 0.15) is 24.9 Å². The highest BCUT2D eigenvalue weighted by molar-refractivity contribution is 5.66. The van der Waals surface area contributed by atoms with Gasteiger partial charge in [-0.3, -0.25) is 9.69 Å². The lowest BCUT2D eigenvalue weighted by Crippen LogP contribution is -2.30. The van der Waals surface area contributed by atoms with E-state index in [-0.39, 0.29) is 12.2 Å². The Morgan fingerprint density at radius 2 is 2.28 bits per heavy atom. The molecule has 0 spiro atoms. The summed E-state index contributed by atoms with van der Waals surface area (Å²) in [7, 11) is 0. The van der Waals surface area contributed by atoms with Crippen LogP contribution >= 0.6 is 0 Å². The van der Waals surface area contributed by atoms with E-state index < -0.39 is 12.0 Å². The third-order valence-corrected chi connectivity index (χ3v) is 2.69. The zero-order valence-corrected chi connectivity index (χ0v) is 10.2. The van der Waals surface area contributed by atoms with E-state index in [1.54, 1.807) is 17.0 Å². The third-order valence-electron chi connectivity index (χ3n) is 2.69. The Hall–Kier alpha value is -2.06. The minimum Gasteiger partial charge on any atom is -0.508 e. The number of aromatic hydroxyl groups is 1. The number of nitrogens with zero attached hydrogens (tertiary/aromatic N) is 2. The molecule has 0 amide bonds. The summed E-state index contributed by atoms with van der Waals surface area (Å²) in [6.45, 7) is 2.75. The number of phenolic OH excluding ortho intramolecular Hbond substituents is 1. The topological polar surface area (TPSA) is 84.6 Å². The SMILES string of the molecule is CCN(CCC(=O)O)C(C#N)c1cccc(O)c1. The summed E-state index contributed by atoms with van der Waals surface area (Å²) in [5.74, 6) is -0.789. The van der Waals surface area contributed by atoms with Crippen LogP contribution in [-0.4, -0.2) is 34.2 Å². The molecule has 1 unspecified atom stereocenters. The number of hydrogen-bond donors (Lipinski definition) is 2. The van der Waals surface area contributed by atoms with Gasteiger partial charge in [-0.05, 0) is 24.2 Å². The standard InChI is InChI=1S/C13H16N2O3/c1-2-15(7-6-13(17)18)12(9-14)10-4-3-5-11(16)8-10/h3-5,8,12,16H,2,6-7H2,1H3,(H,17,18). The molecule has 0 saturated carbocycles. The van der Waals surface area contributed by atoms with Crippen molar-refractivity contribution in [3.05, 3.63) is 29.8 Å². The van der Waals surface area contributed by atoms with Crippen molar-refractivity contribution in [2.45, 2.75) is 19.4 Å². The average molecular weight is 248 g/mol. The monoisotopic (exact) mass is 248 g/mol. The van der Waals surface area contributed by atoms with Crippen LogP contribution in [0.3, 0.4) is 0 Å². The van der Waals surface area contributed by atoms with Gasteiger partial charge in [0.15, 0.2) is 0 Å². The Kier molecular flexibility index (Phi) is 5.15. The summed E-state index contributed by atoms with van der Waals surface area (Å²) in [5.41, 5.74) is 0.671. The Bertz CT molecular complexity index is 454. The molecular weight excluding hydrogens is 232 g/mol. The maximum absolute atomic E-state index is 10.6. The fourth-order valence-electron chi connectivity index (χ4n) is 1.77. The summed E-state index contributed by atoms with van der Waals surface area (Å²) in [6, 6.07) is 8.07. The number of carbonyl (C=O) groups is 1. The first-order valence-electron chi connectivity index (χ1n) is 5.72. The molecule has 96 valence electrons. The van der Waals surface area contributed by atoms with Crippen molar-refractivity contribution in [1.29, 1.82) is 5.26 Å². The van der Waals surface area contributed by atoms with E-state index in [0.29, 0.717) is 18.7 Å². The summed E-state index contributed by atoms with van der Waals surface area (Å²) >= 11 is 0. The highest BCUT2D eigenvalue weighted by atomic mass is 16.4. The van der Waals surface area contributed by atoms with Gasteiger partial charge in [-0.2, -0.15) is 5.26 Å². The number of carboxylic acid groups (broad SMARTS) is 1. The van der Waals surface area contributed by atoms with Gasteiger partial charge in [0.2, 0.25) is 0 Å². The minimum atomic E-state index is -0.888. The highest BCUT2D eigenvalue weighted by Crippen LogP contribution is 2.23. The quantitative estimate of drug-likeness (QED) is 0.801. The molecule has 1 rings (SSSR count). The average Bonchev–Trinajstić information content (AvgIpc) is 2.34. The Labute approximate surface area is 106 Å². The number of aliphatic carboxylic acids is 1. The second-order valence-electron chi connectivity index (χ2n) is 3.90. The number of rotatable bonds is 6.